The Bertz CT molecular complexity index is 1150. The van der Waals surface area contributed by atoms with Gasteiger partial charge in [0.15, 0.2) is 5.82 Å². The predicted octanol–water partition coefficient (Wildman–Crippen LogP) is 3.90. The number of carbonyl (C=O) groups is 1. The van der Waals surface area contributed by atoms with E-state index in [0.29, 0.717) is 29.0 Å². The number of hydrogen-bond acceptors (Lipinski definition) is 5. The molecule has 0 radical (unpaired) electrons. The van der Waals surface area contributed by atoms with E-state index in [2.05, 4.69) is 15.5 Å². The quantitative estimate of drug-likeness (QED) is 0.656. The van der Waals surface area contributed by atoms with E-state index in [4.69, 9.17) is 21.3 Å². The summed E-state index contributed by atoms with van der Waals surface area (Å²) in [5.74, 6) is 1.52. The molecule has 31 heavy (non-hydrogen) atoms. The summed E-state index contributed by atoms with van der Waals surface area (Å²) in [4.78, 5) is 17.8. The molecule has 0 fully saturated rings. The standard InChI is InChI=1S/C23H24ClN5O2/c1-5-25-23(30)13(2)20-22-28-27-14(3)29(22)19-12-17(31-4)10-11-18(19)21(26-20)15-6-8-16(24)9-7-15/h6-13,20H,5H2,1-4H3,(H,25,30)/t13-,20+/m1/s1. The van der Waals surface area contributed by atoms with Gasteiger partial charge in [-0.1, -0.05) is 30.7 Å². The van der Waals surface area contributed by atoms with Gasteiger partial charge in [-0.25, -0.2) is 0 Å². The van der Waals surface area contributed by atoms with Crippen LogP contribution < -0.4 is 10.1 Å². The van der Waals surface area contributed by atoms with Crippen LogP contribution >= 0.6 is 11.6 Å². The van der Waals surface area contributed by atoms with Crippen molar-refractivity contribution < 1.29 is 9.53 Å². The van der Waals surface area contributed by atoms with Gasteiger partial charge in [0.1, 0.15) is 17.6 Å². The normalized spacial score (nSPS) is 15.9. The Hall–Kier alpha value is -3.19. The molecule has 0 aliphatic carbocycles. The SMILES string of the molecule is CCNC(=O)[C@H](C)[C@@H]1N=C(c2ccc(Cl)cc2)c2ccc(OC)cc2-n2c(C)nnc21. The third kappa shape index (κ3) is 3.81. The van der Waals surface area contributed by atoms with Crippen molar-refractivity contribution in [2.75, 3.05) is 13.7 Å². The number of nitrogens with zero attached hydrogens (tertiary/aromatic N) is 4. The molecule has 1 aliphatic heterocycles. The van der Waals surface area contributed by atoms with E-state index in [1.165, 1.54) is 0 Å². The minimum atomic E-state index is -0.517. The molecule has 0 saturated heterocycles. The molecule has 2 aromatic carbocycles. The van der Waals surface area contributed by atoms with Crippen LogP contribution in [0.4, 0.5) is 0 Å². The molecule has 1 amide bonds. The van der Waals surface area contributed by atoms with Crippen molar-refractivity contribution in [1.82, 2.24) is 20.1 Å². The first-order chi connectivity index (χ1) is 14.9. The molecule has 8 heteroatoms. The van der Waals surface area contributed by atoms with Gasteiger partial charge in [0.25, 0.3) is 0 Å². The predicted molar refractivity (Wildman–Crippen MR) is 120 cm³/mol. The fraction of sp³-hybridized carbons (Fsp3) is 0.304. The molecule has 1 aliphatic rings. The second-order valence-electron chi connectivity index (χ2n) is 7.44. The van der Waals surface area contributed by atoms with E-state index in [0.717, 1.165) is 22.5 Å². The molecule has 0 bridgehead atoms. The summed E-state index contributed by atoms with van der Waals surface area (Å²) in [5, 5.41) is 12.3. The van der Waals surface area contributed by atoms with Crippen molar-refractivity contribution in [3.8, 4) is 11.4 Å². The fourth-order valence-corrected chi connectivity index (χ4v) is 3.94. The maximum absolute atomic E-state index is 12.8. The minimum Gasteiger partial charge on any atom is -0.497 e. The molecule has 4 rings (SSSR count). The highest BCUT2D eigenvalue weighted by atomic mass is 35.5. The van der Waals surface area contributed by atoms with Crippen LogP contribution in [-0.4, -0.2) is 40.0 Å². The zero-order chi connectivity index (χ0) is 22.1. The van der Waals surface area contributed by atoms with Gasteiger partial charge in [-0.15, -0.1) is 10.2 Å². The van der Waals surface area contributed by atoms with Crippen molar-refractivity contribution in [1.29, 1.82) is 0 Å². The number of methoxy groups -OCH3 is 1. The van der Waals surface area contributed by atoms with E-state index in [1.54, 1.807) is 7.11 Å². The molecule has 0 spiro atoms. The molecule has 1 N–H and O–H groups in total. The van der Waals surface area contributed by atoms with Crippen molar-refractivity contribution in [2.24, 2.45) is 10.9 Å². The first-order valence-electron chi connectivity index (χ1n) is 10.2. The summed E-state index contributed by atoms with van der Waals surface area (Å²) in [6, 6.07) is 12.8. The fourth-order valence-electron chi connectivity index (χ4n) is 3.81. The molecular formula is C23H24ClN5O2. The van der Waals surface area contributed by atoms with Gasteiger partial charge in [-0.05, 0) is 38.1 Å². The molecule has 160 valence electrons. The van der Waals surface area contributed by atoms with E-state index >= 15 is 0 Å². The Labute approximate surface area is 186 Å². The molecule has 0 saturated carbocycles. The van der Waals surface area contributed by atoms with Crippen molar-refractivity contribution in [3.05, 3.63) is 70.3 Å². The van der Waals surface area contributed by atoms with Crippen molar-refractivity contribution >= 4 is 23.2 Å². The minimum absolute atomic E-state index is 0.0811. The number of amides is 1. The van der Waals surface area contributed by atoms with Crippen LogP contribution in [-0.2, 0) is 4.79 Å². The second-order valence-corrected chi connectivity index (χ2v) is 7.87. The number of ether oxygens (including phenoxy) is 1. The summed E-state index contributed by atoms with van der Waals surface area (Å²) in [6.45, 7) is 6.20. The van der Waals surface area contributed by atoms with E-state index < -0.39 is 12.0 Å². The zero-order valence-corrected chi connectivity index (χ0v) is 18.6. The van der Waals surface area contributed by atoms with Crippen LogP contribution in [0.25, 0.3) is 5.69 Å². The number of aryl methyl sites for hydroxylation is 1. The second kappa shape index (κ2) is 8.51. The lowest BCUT2D eigenvalue weighted by Crippen LogP contribution is -2.32. The highest BCUT2D eigenvalue weighted by Gasteiger charge is 2.34. The van der Waals surface area contributed by atoms with Gasteiger partial charge in [-0.2, -0.15) is 0 Å². The number of benzene rings is 2. The molecule has 3 aromatic rings. The molecule has 2 heterocycles. The van der Waals surface area contributed by atoms with Crippen LogP contribution in [0.15, 0.2) is 47.5 Å². The van der Waals surface area contributed by atoms with E-state index in [-0.39, 0.29) is 5.91 Å². The largest absolute Gasteiger partial charge is 0.497 e. The summed E-state index contributed by atoms with van der Waals surface area (Å²) in [7, 11) is 1.63. The van der Waals surface area contributed by atoms with Crippen LogP contribution in [0.1, 0.15) is 42.7 Å². The van der Waals surface area contributed by atoms with Crippen LogP contribution in [0.3, 0.4) is 0 Å². The molecule has 1 aromatic heterocycles. The molecule has 2 atom stereocenters. The monoisotopic (exact) mass is 437 g/mol. The average molecular weight is 438 g/mol. The zero-order valence-electron chi connectivity index (χ0n) is 17.9. The maximum Gasteiger partial charge on any atom is 0.225 e. The Morgan fingerprint density at radius 2 is 1.97 bits per heavy atom. The Balaban J connectivity index is 1.99. The van der Waals surface area contributed by atoms with Crippen LogP contribution in [0, 0.1) is 12.8 Å². The topological polar surface area (TPSA) is 81.4 Å². The van der Waals surface area contributed by atoms with Gasteiger partial charge < -0.3 is 10.1 Å². The summed E-state index contributed by atoms with van der Waals surface area (Å²) < 4.78 is 7.44. The first-order valence-corrected chi connectivity index (χ1v) is 10.5. The first kappa shape index (κ1) is 21.1. The number of carbonyl (C=O) groups excluding carboxylic acids is 1. The van der Waals surface area contributed by atoms with Crippen LogP contribution in [0.2, 0.25) is 5.02 Å². The summed E-state index contributed by atoms with van der Waals surface area (Å²) in [5.41, 5.74) is 3.43. The van der Waals surface area contributed by atoms with E-state index in [1.807, 2.05) is 67.8 Å². The number of hydrogen-bond donors (Lipinski definition) is 1. The number of fused-ring (bicyclic) bond motifs is 3. The average Bonchev–Trinajstić information content (AvgIpc) is 3.08. The van der Waals surface area contributed by atoms with Gasteiger partial charge in [0.2, 0.25) is 5.91 Å². The number of aliphatic imine (C=N–C) groups is 1. The lowest BCUT2D eigenvalue weighted by molar-refractivity contribution is -0.125. The molecular weight excluding hydrogens is 414 g/mol. The smallest absolute Gasteiger partial charge is 0.225 e. The third-order valence-corrected chi connectivity index (χ3v) is 5.69. The number of nitrogens with one attached hydrogen (secondary N) is 1. The van der Waals surface area contributed by atoms with Crippen LogP contribution in [0.5, 0.6) is 5.75 Å². The number of rotatable bonds is 5. The van der Waals surface area contributed by atoms with Gasteiger partial charge >= 0.3 is 0 Å². The van der Waals surface area contributed by atoms with Gasteiger partial charge in [-0.3, -0.25) is 14.4 Å². The van der Waals surface area contributed by atoms with Crippen molar-refractivity contribution in [2.45, 2.75) is 26.8 Å². The summed E-state index contributed by atoms with van der Waals surface area (Å²) in [6.07, 6.45) is 0. The lowest BCUT2D eigenvalue weighted by Gasteiger charge is -2.19. The van der Waals surface area contributed by atoms with E-state index in [9.17, 15) is 4.79 Å². The maximum atomic E-state index is 12.8. The lowest BCUT2D eigenvalue weighted by atomic mass is 9.98. The molecule has 7 nitrogen and oxygen atoms in total. The highest BCUT2D eigenvalue weighted by Crippen LogP contribution is 2.36. The Morgan fingerprint density at radius 3 is 2.65 bits per heavy atom. The van der Waals surface area contributed by atoms with Gasteiger partial charge in [0.05, 0.1) is 24.4 Å². The Kier molecular flexibility index (Phi) is 5.78. The van der Waals surface area contributed by atoms with Gasteiger partial charge in [0, 0.05) is 28.8 Å². The summed E-state index contributed by atoms with van der Waals surface area (Å²) >= 11 is 6.12. The van der Waals surface area contributed by atoms with Crippen molar-refractivity contribution in [3.63, 3.8) is 0 Å². The highest BCUT2D eigenvalue weighted by molar-refractivity contribution is 6.30. The number of aromatic nitrogens is 3. The molecule has 0 unspecified atom stereocenters. The third-order valence-electron chi connectivity index (χ3n) is 5.44. The number of halogens is 1. The Morgan fingerprint density at radius 1 is 1.23 bits per heavy atom.